The van der Waals surface area contributed by atoms with E-state index in [1.807, 2.05) is 0 Å². The fraction of sp³-hybridized carbons (Fsp3) is 0.158. The number of esters is 1. The van der Waals surface area contributed by atoms with Crippen molar-refractivity contribution < 1.29 is 19.1 Å². The number of alkyl halides is 1. The van der Waals surface area contributed by atoms with Gasteiger partial charge in [0.05, 0.1) is 5.56 Å². The van der Waals surface area contributed by atoms with Crippen LogP contribution in [0.5, 0.6) is 11.5 Å². The number of ketones is 1. The summed E-state index contributed by atoms with van der Waals surface area (Å²) in [5, 5.41) is 0.615. The summed E-state index contributed by atoms with van der Waals surface area (Å²) >= 11 is 11.4. The molecular weight excluding hydrogens is 363 g/mol. The molecule has 0 N–H and O–H groups in total. The smallest absolute Gasteiger partial charge is 0.311 e. The number of hydrogen-bond acceptors (Lipinski definition) is 4. The number of fused-ring (bicyclic) bond motifs is 1. The van der Waals surface area contributed by atoms with Crippen molar-refractivity contribution in [1.82, 2.24) is 0 Å². The molecule has 0 fully saturated rings. The zero-order chi connectivity index (χ0) is 17.8. The van der Waals surface area contributed by atoms with E-state index in [-0.39, 0.29) is 23.9 Å². The van der Waals surface area contributed by atoms with Crippen LogP contribution in [-0.4, -0.2) is 17.6 Å². The van der Waals surface area contributed by atoms with Gasteiger partial charge in [0.2, 0.25) is 5.78 Å². The van der Waals surface area contributed by atoms with Crippen LogP contribution in [0.25, 0.3) is 6.08 Å². The topological polar surface area (TPSA) is 52.6 Å². The first-order valence-corrected chi connectivity index (χ1v) is 8.58. The molecule has 0 saturated heterocycles. The van der Waals surface area contributed by atoms with Crippen molar-refractivity contribution in [2.75, 3.05) is 5.88 Å². The maximum atomic E-state index is 12.4. The van der Waals surface area contributed by atoms with Gasteiger partial charge in [0.1, 0.15) is 11.5 Å². The third-order valence-electron chi connectivity index (χ3n) is 3.56. The quantitative estimate of drug-likeness (QED) is 0.323. The molecule has 1 heterocycles. The Morgan fingerprint density at radius 3 is 2.64 bits per heavy atom. The van der Waals surface area contributed by atoms with Gasteiger partial charge in [0, 0.05) is 23.4 Å². The Morgan fingerprint density at radius 2 is 1.92 bits per heavy atom. The molecular formula is C19H14Cl2O4. The summed E-state index contributed by atoms with van der Waals surface area (Å²) in [6.07, 6.45) is 2.43. The van der Waals surface area contributed by atoms with E-state index < -0.39 is 0 Å². The summed E-state index contributed by atoms with van der Waals surface area (Å²) in [5.41, 5.74) is 1.23. The van der Waals surface area contributed by atoms with E-state index in [0.29, 0.717) is 34.4 Å². The molecule has 1 aliphatic rings. The van der Waals surface area contributed by atoms with E-state index in [0.717, 1.165) is 5.56 Å². The lowest BCUT2D eigenvalue weighted by Gasteiger charge is -2.05. The predicted molar refractivity (Wildman–Crippen MR) is 96.4 cm³/mol. The number of carbonyl (C=O) groups excluding carboxylic acids is 2. The molecule has 4 nitrogen and oxygen atoms in total. The molecule has 0 amide bonds. The van der Waals surface area contributed by atoms with Crippen molar-refractivity contribution in [2.24, 2.45) is 0 Å². The number of rotatable bonds is 5. The minimum absolute atomic E-state index is 0.211. The van der Waals surface area contributed by atoms with Gasteiger partial charge < -0.3 is 9.47 Å². The maximum absolute atomic E-state index is 12.4. The van der Waals surface area contributed by atoms with Gasteiger partial charge in [-0.05, 0) is 42.3 Å². The van der Waals surface area contributed by atoms with Crippen LogP contribution in [-0.2, 0) is 4.79 Å². The molecule has 0 saturated carbocycles. The summed E-state index contributed by atoms with van der Waals surface area (Å²) in [7, 11) is 0. The number of allylic oxidation sites excluding steroid dienone is 1. The van der Waals surface area contributed by atoms with Crippen LogP contribution >= 0.6 is 23.2 Å². The first-order chi connectivity index (χ1) is 12.1. The molecule has 1 aliphatic heterocycles. The van der Waals surface area contributed by atoms with Crippen LogP contribution in [0.1, 0.15) is 28.8 Å². The number of Topliss-reactive ketones (excluding diaryl/α,β-unsaturated/α-hetero) is 1. The standard InChI is InChI=1S/C19H14Cl2O4/c20-9-1-2-18(22)24-14-7-8-15-16(11-14)25-17(19(15)23)10-12-3-5-13(21)6-4-12/h3-8,10-11H,1-2,9H2. The Balaban J connectivity index is 1.77. The summed E-state index contributed by atoms with van der Waals surface area (Å²) in [6.45, 7) is 0. The highest BCUT2D eigenvalue weighted by molar-refractivity contribution is 6.30. The van der Waals surface area contributed by atoms with Crippen molar-refractivity contribution in [3.8, 4) is 11.5 Å². The number of benzene rings is 2. The second-order valence-electron chi connectivity index (χ2n) is 5.42. The Kier molecular flexibility index (Phi) is 5.41. The summed E-state index contributed by atoms with van der Waals surface area (Å²) < 4.78 is 10.8. The maximum Gasteiger partial charge on any atom is 0.311 e. The summed E-state index contributed by atoms with van der Waals surface area (Å²) in [5.74, 6) is 0.719. The molecule has 0 aliphatic carbocycles. The molecule has 25 heavy (non-hydrogen) atoms. The van der Waals surface area contributed by atoms with Crippen LogP contribution in [0.4, 0.5) is 0 Å². The van der Waals surface area contributed by atoms with Gasteiger partial charge in [-0.3, -0.25) is 9.59 Å². The van der Waals surface area contributed by atoms with Crippen molar-refractivity contribution >= 4 is 41.0 Å². The second kappa shape index (κ2) is 7.72. The molecule has 2 aromatic rings. The third kappa shape index (κ3) is 4.21. The molecule has 0 spiro atoms. The second-order valence-corrected chi connectivity index (χ2v) is 6.23. The van der Waals surface area contributed by atoms with Crippen molar-refractivity contribution in [3.05, 3.63) is 64.4 Å². The average molecular weight is 377 g/mol. The summed E-state index contributed by atoms with van der Waals surface area (Å²) in [6, 6.07) is 11.7. The minimum atomic E-state index is -0.373. The fourth-order valence-corrected chi connectivity index (χ4v) is 2.59. The summed E-state index contributed by atoms with van der Waals surface area (Å²) in [4.78, 5) is 24.1. The van der Waals surface area contributed by atoms with E-state index >= 15 is 0 Å². The molecule has 0 aromatic heterocycles. The minimum Gasteiger partial charge on any atom is -0.452 e. The van der Waals surface area contributed by atoms with Crippen LogP contribution in [0.2, 0.25) is 5.02 Å². The Labute approximate surface area is 155 Å². The molecule has 128 valence electrons. The normalized spacial score (nSPS) is 14.3. The molecule has 0 unspecified atom stereocenters. The van der Waals surface area contributed by atoms with Gasteiger partial charge >= 0.3 is 5.97 Å². The lowest BCUT2D eigenvalue weighted by atomic mass is 10.1. The van der Waals surface area contributed by atoms with Gasteiger partial charge in [0.25, 0.3) is 0 Å². The number of halogens is 2. The van der Waals surface area contributed by atoms with Gasteiger partial charge in [-0.1, -0.05) is 23.7 Å². The highest BCUT2D eigenvalue weighted by atomic mass is 35.5. The van der Waals surface area contributed by atoms with Gasteiger partial charge in [-0.25, -0.2) is 0 Å². The zero-order valence-corrected chi connectivity index (χ0v) is 14.6. The molecule has 0 atom stereocenters. The molecule has 0 radical (unpaired) electrons. The Morgan fingerprint density at radius 1 is 1.16 bits per heavy atom. The van der Waals surface area contributed by atoms with E-state index in [2.05, 4.69) is 0 Å². The lowest BCUT2D eigenvalue weighted by Crippen LogP contribution is -2.07. The predicted octanol–water partition coefficient (Wildman–Crippen LogP) is 4.88. The zero-order valence-electron chi connectivity index (χ0n) is 13.1. The average Bonchev–Trinajstić information content (AvgIpc) is 2.90. The number of carbonyl (C=O) groups is 2. The van der Waals surface area contributed by atoms with Crippen LogP contribution in [0, 0.1) is 0 Å². The highest BCUT2D eigenvalue weighted by Gasteiger charge is 2.28. The van der Waals surface area contributed by atoms with E-state index in [9.17, 15) is 9.59 Å². The first kappa shape index (κ1) is 17.5. The molecule has 2 aromatic carbocycles. The van der Waals surface area contributed by atoms with Gasteiger partial charge in [-0.15, -0.1) is 11.6 Å². The molecule has 3 rings (SSSR count). The Hall–Kier alpha value is -2.30. The van der Waals surface area contributed by atoms with Crippen molar-refractivity contribution in [1.29, 1.82) is 0 Å². The number of ether oxygens (including phenoxy) is 2. The first-order valence-electron chi connectivity index (χ1n) is 7.67. The monoisotopic (exact) mass is 376 g/mol. The SMILES string of the molecule is O=C(CCCCl)Oc1ccc2c(c1)OC(=Cc1ccc(Cl)cc1)C2=O. The van der Waals surface area contributed by atoms with Crippen LogP contribution in [0.15, 0.2) is 48.2 Å². The van der Waals surface area contributed by atoms with E-state index in [1.165, 1.54) is 6.07 Å². The van der Waals surface area contributed by atoms with Crippen LogP contribution in [0.3, 0.4) is 0 Å². The van der Waals surface area contributed by atoms with Crippen LogP contribution < -0.4 is 9.47 Å². The largest absolute Gasteiger partial charge is 0.452 e. The third-order valence-corrected chi connectivity index (χ3v) is 4.07. The highest BCUT2D eigenvalue weighted by Crippen LogP contribution is 2.35. The fourth-order valence-electron chi connectivity index (χ4n) is 2.33. The van der Waals surface area contributed by atoms with Crippen molar-refractivity contribution in [3.63, 3.8) is 0 Å². The number of hydrogen-bond donors (Lipinski definition) is 0. The van der Waals surface area contributed by atoms with Gasteiger partial charge in [-0.2, -0.15) is 0 Å². The molecule has 6 heteroatoms. The lowest BCUT2D eigenvalue weighted by molar-refractivity contribution is -0.134. The van der Waals surface area contributed by atoms with Crippen molar-refractivity contribution in [2.45, 2.75) is 12.8 Å². The van der Waals surface area contributed by atoms with E-state index in [4.69, 9.17) is 32.7 Å². The van der Waals surface area contributed by atoms with Gasteiger partial charge in [0.15, 0.2) is 5.76 Å². The van der Waals surface area contributed by atoms with E-state index in [1.54, 1.807) is 42.5 Å². The molecule has 0 bridgehead atoms. The Bertz CT molecular complexity index is 841.